The average Bonchev–Trinajstić information content (AvgIpc) is 3.60. The SMILES string of the molecule is c1ccc(-c2cc(-c3ccccc3)cc(-c3ccnc4c3nc(-c3ccc(-c5cccnc5)cc3)c3ccc5c6ccccc6oc5c34)c2)cc1. The molecule has 0 bridgehead atoms. The van der Waals surface area contributed by atoms with Crippen molar-refractivity contribution in [2.24, 2.45) is 0 Å². The molecule has 51 heavy (non-hydrogen) atoms. The Hall–Kier alpha value is -6.91. The number of furan rings is 1. The minimum absolute atomic E-state index is 0.814. The first-order valence-corrected chi connectivity index (χ1v) is 17.1. The minimum atomic E-state index is 0.814. The zero-order valence-corrected chi connectivity index (χ0v) is 27.5. The highest BCUT2D eigenvalue weighted by Gasteiger charge is 2.21. The number of rotatable bonds is 5. The number of benzene rings is 6. The predicted octanol–water partition coefficient (Wildman–Crippen LogP) is 12.4. The molecular formula is C47H29N3O. The van der Waals surface area contributed by atoms with Crippen LogP contribution >= 0.6 is 0 Å². The molecule has 0 atom stereocenters. The topological polar surface area (TPSA) is 51.8 Å². The largest absolute Gasteiger partial charge is 0.455 e. The minimum Gasteiger partial charge on any atom is -0.455 e. The molecule has 0 saturated carbocycles. The fraction of sp³-hybridized carbons (Fsp3) is 0. The summed E-state index contributed by atoms with van der Waals surface area (Å²) in [5.41, 5.74) is 14.1. The van der Waals surface area contributed by atoms with Gasteiger partial charge in [0.05, 0.1) is 16.6 Å². The first kappa shape index (κ1) is 29.0. The third-order valence-electron chi connectivity index (χ3n) is 9.80. The quantitative estimate of drug-likeness (QED) is 0.174. The van der Waals surface area contributed by atoms with Crippen LogP contribution < -0.4 is 0 Å². The van der Waals surface area contributed by atoms with Gasteiger partial charge in [0.25, 0.3) is 0 Å². The van der Waals surface area contributed by atoms with Crippen molar-refractivity contribution in [1.29, 1.82) is 0 Å². The molecule has 4 heterocycles. The Kier molecular flexibility index (Phi) is 6.78. The zero-order chi connectivity index (χ0) is 33.7. The highest BCUT2D eigenvalue weighted by molar-refractivity contribution is 6.25. The van der Waals surface area contributed by atoms with Crippen LogP contribution in [0.1, 0.15) is 0 Å². The summed E-state index contributed by atoms with van der Waals surface area (Å²) >= 11 is 0. The van der Waals surface area contributed by atoms with Crippen molar-refractivity contribution in [3.8, 4) is 55.8 Å². The molecule has 4 heteroatoms. The predicted molar refractivity (Wildman–Crippen MR) is 209 cm³/mol. The molecule has 4 nitrogen and oxygen atoms in total. The normalized spacial score (nSPS) is 11.5. The van der Waals surface area contributed by atoms with Crippen molar-refractivity contribution in [3.63, 3.8) is 0 Å². The van der Waals surface area contributed by atoms with E-state index in [1.54, 1.807) is 6.20 Å². The van der Waals surface area contributed by atoms with Gasteiger partial charge in [0.2, 0.25) is 0 Å². The summed E-state index contributed by atoms with van der Waals surface area (Å²) in [6.45, 7) is 0. The number of hydrogen-bond acceptors (Lipinski definition) is 4. The smallest absolute Gasteiger partial charge is 0.145 e. The summed E-state index contributed by atoms with van der Waals surface area (Å²) < 4.78 is 6.67. The summed E-state index contributed by atoms with van der Waals surface area (Å²) in [7, 11) is 0. The van der Waals surface area contributed by atoms with E-state index in [1.165, 1.54) is 0 Å². The highest BCUT2D eigenvalue weighted by Crippen LogP contribution is 2.43. The van der Waals surface area contributed by atoms with Gasteiger partial charge in [-0.05, 0) is 81.4 Å². The van der Waals surface area contributed by atoms with Gasteiger partial charge in [0.15, 0.2) is 0 Å². The van der Waals surface area contributed by atoms with E-state index in [9.17, 15) is 0 Å². The van der Waals surface area contributed by atoms with Crippen LogP contribution in [0.15, 0.2) is 181 Å². The van der Waals surface area contributed by atoms with Gasteiger partial charge < -0.3 is 4.42 Å². The fourth-order valence-corrected chi connectivity index (χ4v) is 7.33. The third kappa shape index (κ3) is 4.96. The molecular weight excluding hydrogens is 623 g/mol. The fourth-order valence-electron chi connectivity index (χ4n) is 7.33. The lowest BCUT2D eigenvalue weighted by Gasteiger charge is -2.15. The van der Waals surface area contributed by atoms with Crippen molar-refractivity contribution >= 4 is 43.7 Å². The lowest BCUT2D eigenvalue weighted by atomic mass is 9.92. The van der Waals surface area contributed by atoms with Crippen LogP contribution in [0.25, 0.3) is 99.5 Å². The molecule has 0 N–H and O–H groups in total. The molecule has 0 amide bonds. The van der Waals surface area contributed by atoms with E-state index >= 15 is 0 Å². The average molecular weight is 652 g/mol. The maximum absolute atomic E-state index is 6.67. The van der Waals surface area contributed by atoms with Gasteiger partial charge in [-0.1, -0.05) is 115 Å². The second kappa shape index (κ2) is 11.9. The van der Waals surface area contributed by atoms with Gasteiger partial charge >= 0.3 is 0 Å². The molecule has 0 spiro atoms. The Bertz CT molecular complexity index is 2820. The van der Waals surface area contributed by atoms with Gasteiger partial charge in [-0.3, -0.25) is 9.97 Å². The monoisotopic (exact) mass is 651 g/mol. The summed E-state index contributed by atoms with van der Waals surface area (Å²) in [5.74, 6) is 0. The molecule has 238 valence electrons. The molecule has 0 saturated heterocycles. The number of fused-ring (bicyclic) bond motifs is 7. The van der Waals surface area contributed by atoms with Crippen molar-refractivity contribution in [1.82, 2.24) is 15.0 Å². The van der Waals surface area contributed by atoms with Crippen LogP contribution in [0, 0.1) is 0 Å². The molecule has 0 radical (unpaired) electrons. The number of hydrogen-bond donors (Lipinski definition) is 0. The van der Waals surface area contributed by atoms with E-state index in [0.717, 1.165) is 99.5 Å². The van der Waals surface area contributed by atoms with E-state index in [2.05, 4.69) is 145 Å². The summed E-state index contributed by atoms with van der Waals surface area (Å²) in [4.78, 5) is 14.9. The highest BCUT2D eigenvalue weighted by atomic mass is 16.3. The van der Waals surface area contributed by atoms with Gasteiger partial charge in [0, 0.05) is 45.9 Å². The van der Waals surface area contributed by atoms with Crippen LogP contribution in [0.2, 0.25) is 0 Å². The lowest BCUT2D eigenvalue weighted by molar-refractivity contribution is 0.673. The van der Waals surface area contributed by atoms with E-state index in [1.807, 2.05) is 30.6 Å². The van der Waals surface area contributed by atoms with Gasteiger partial charge in [-0.2, -0.15) is 0 Å². The Morgan fingerprint density at radius 3 is 1.76 bits per heavy atom. The Morgan fingerprint density at radius 2 is 1.04 bits per heavy atom. The Morgan fingerprint density at radius 1 is 0.412 bits per heavy atom. The van der Waals surface area contributed by atoms with E-state index < -0.39 is 0 Å². The molecule has 0 aliphatic rings. The molecule has 10 rings (SSSR count). The second-order valence-corrected chi connectivity index (χ2v) is 12.8. The van der Waals surface area contributed by atoms with E-state index in [4.69, 9.17) is 14.4 Å². The van der Waals surface area contributed by atoms with Crippen LogP contribution in [0.4, 0.5) is 0 Å². The van der Waals surface area contributed by atoms with Gasteiger partial charge in [-0.25, -0.2) is 4.98 Å². The maximum atomic E-state index is 6.67. The van der Waals surface area contributed by atoms with Crippen LogP contribution in [-0.2, 0) is 0 Å². The molecule has 0 aliphatic heterocycles. The lowest BCUT2D eigenvalue weighted by Crippen LogP contribution is -1.95. The van der Waals surface area contributed by atoms with Gasteiger partial charge in [-0.15, -0.1) is 0 Å². The summed E-state index contributed by atoms with van der Waals surface area (Å²) in [5, 5.41) is 4.11. The van der Waals surface area contributed by atoms with Crippen LogP contribution in [-0.4, -0.2) is 15.0 Å². The first-order valence-electron chi connectivity index (χ1n) is 17.1. The van der Waals surface area contributed by atoms with Crippen LogP contribution in [0.3, 0.4) is 0 Å². The van der Waals surface area contributed by atoms with Gasteiger partial charge in [0.1, 0.15) is 16.7 Å². The molecule has 4 aromatic heterocycles. The van der Waals surface area contributed by atoms with Crippen molar-refractivity contribution in [3.05, 3.63) is 176 Å². The first-order chi connectivity index (χ1) is 25.3. The molecule has 6 aromatic carbocycles. The molecule has 0 aliphatic carbocycles. The summed E-state index contributed by atoms with van der Waals surface area (Å²) in [6.07, 6.45) is 5.59. The summed E-state index contributed by atoms with van der Waals surface area (Å²) in [6, 6.07) is 55.2. The third-order valence-corrected chi connectivity index (χ3v) is 9.80. The molecule has 10 aromatic rings. The molecule has 0 fully saturated rings. The zero-order valence-electron chi connectivity index (χ0n) is 27.5. The Labute approximate surface area is 294 Å². The number of nitrogens with zero attached hydrogens (tertiary/aromatic N) is 3. The van der Waals surface area contributed by atoms with Crippen molar-refractivity contribution < 1.29 is 4.42 Å². The molecule has 0 unspecified atom stereocenters. The van der Waals surface area contributed by atoms with Crippen LogP contribution in [0.5, 0.6) is 0 Å². The van der Waals surface area contributed by atoms with E-state index in [0.29, 0.717) is 0 Å². The standard InChI is InChI=1S/C47H29N3O/c1-3-10-30(11-4-1)35-26-36(31-12-5-2-6-13-31)28-37(27-35)38-23-25-49-46-43-41(22-21-40-39-15-7-8-16-42(39)51-47(40)43)44(50-45(38)46)33-19-17-32(18-20-33)34-14-9-24-48-29-34/h1-29H. The van der Waals surface area contributed by atoms with E-state index in [-0.39, 0.29) is 0 Å². The number of aromatic nitrogens is 3. The Balaban J connectivity index is 1.28. The maximum Gasteiger partial charge on any atom is 0.145 e. The number of pyridine rings is 3. The second-order valence-electron chi connectivity index (χ2n) is 12.8. The van der Waals surface area contributed by atoms with Crippen molar-refractivity contribution in [2.75, 3.05) is 0 Å². The van der Waals surface area contributed by atoms with Crippen molar-refractivity contribution in [2.45, 2.75) is 0 Å². The number of para-hydroxylation sites is 1.